The minimum absolute atomic E-state index is 0.308. The summed E-state index contributed by atoms with van der Waals surface area (Å²) in [5.74, 6) is -0.276. The van der Waals surface area contributed by atoms with Gasteiger partial charge in [0.2, 0.25) is 0 Å². The summed E-state index contributed by atoms with van der Waals surface area (Å²) in [7, 11) is 0. The molecule has 0 fully saturated rings. The van der Waals surface area contributed by atoms with Gasteiger partial charge in [-0.2, -0.15) is 0 Å². The molecule has 0 bridgehead atoms. The van der Waals surface area contributed by atoms with Gasteiger partial charge in [-0.15, -0.1) is 5.10 Å². The molecule has 7 heteroatoms. The van der Waals surface area contributed by atoms with E-state index in [0.717, 1.165) is 0 Å². The van der Waals surface area contributed by atoms with Crippen LogP contribution in [0, 0.1) is 11.8 Å². The Labute approximate surface area is 112 Å². The van der Waals surface area contributed by atoms with Crippen molar-refractivity contribution in [3.05, 3.63) is 5.82 Å². The quantitative estimate of drug-likeness (QED) is 0.673. The second-order valence-corrected chi connectivity index (χ2v) is 4.89. The van der Waals surface area contributed by atoms with Gasteiger partial charge >= 0.3 is 5.97 Å². The molecule has 0 aromatic carbocycles. The van der Waals surface area contributed by atoms with Crippen LogP contribution in [0.3, 0.4) is 0 Å². The van der Waals surface area contributed by atoms with Gasteiger partial charge in [-0.3, -0.25) is 4.79 Å². The van der Waals surface area contributed by atoms with E-state index < -0.39 is 11.9 Å². The first-order chi connectivity index (χ1) is 9.04. The van der Waals surface area contributed by atoms with Crippen molar-refractivity contribution in [2.45, 2.75) is 40.2 Å². The highest BCUT2D eigenvalue weighted by Crippen LogP contribution is 2.14. The summed E-state index contributed by atoms with van der Waals surface area (Å²) in [6, 6.07) is 0. The molecule has 0 radical (unpaired) electrons. The highest BCUT2D eigenvalue weighted by molar-refractivity contribution is 5.69. The fraction of sp³-hybridized carbons (Fsp3) is 0.833. The van der Waals surface area contributed by atoms with E-state index >= 15 is 0 Å². The van der Waals surface area contributed by atoms with Crippen LogP contribution in [-0.4, -0.2) is 44.5 Å². The maximum Gasteiger partial charge on any atom is 0.308 e. The third-order valence-corrected chi connectivity index (χ3v) is 2.78. The lowest BCUT2D eigenvalue weighted by Crippen LogP contribution is -2.24. The molecule has 0 aliphatic carbocycles. The van der Waals surface area contributed by atoms with Crippen molar-refractivity contribution in [1.82, 2.24) is 20.2 Å². The van der Waals surface area contributed by atoms with E-state index in [1.54, 1.807) is 4.68 Å². The average Bonchev–Trinajstić information content (AvgIpc) is 2.75. The Balaban J connectivity index is 2.63. The van der Waals surface area contributed by atoms with Gasteiger partial charge in [0, 0.05) is 13.0 Å². The summed E-state index contributed by atoms with van der Waals surface area (Å²) < 4.78 is 6.82. The molecule has 1 rings (SSSR count). The SMILES string of the molecule is CCOCCc1nnnn1CC(CC(C)C)C(=O)O. The van der Waals surface area contributed by atoms with Gasteiger partial charge in [0.25, 0.3) is 0 Å². The van der Waals surface area contributed by atoms with Crippen LogP contribution in [0.5, 0.6) is 0 Å². The standard InChI is InChI=1S/C12H22N4O3/c1-4-19-6-5-11-13-14-15-16(11)8-10(12(17)18)7-9(2)3/h9-10H,4-8H2,1-3H3,(H,17,18). The minimum atomic E-state index is -0.806. The van der Waals surface area contributed by atoms with E-state index in [1.807, 2.05) is 20.8 Å². The lowest BCUT2D eigenvalue weighted by molar-refractivity contribution is -0.142. The molecule has 1 heterocycles. The Morgan fingerprint density at radius 3 is 2.79 bits per heavy atom. The molecule has 1 aromatic heterocycles. The van der Waals surface area contributed by atoms with Gasteiger partial charge in [0.05, 0.1) is 19.1 Å². The third-order valence-electron chi connectivity index (χ3n) is 2.78. The summed E-state index contributed by atoms with van der Waals surface area (Å²) in [5.41, 5.74) is 0. The average molecular weight is 270 g/mol. The van der Waals surface area contributed by atoms with Gasteiger partial charge in [0.1, 0.15) is 0 Å². The number of rotatable bonds is 9. The van der Waals surface area contributed by atoms with Gasteiger partial charge in [-0.05, 0) is 29.7 Å². The number of nitrogens with zero attached hydrogens (tertiary/aromatic N) is 4. The molecule has 1 atom stereocenters. The molecule has 1 aromatic rings. The van der Waals surface area contributed by atoms with Crippen LogP contribution >= 0.6 is 0 Å². The summed E-state index contributed by atoms with van der Waals surface area (Å²) in [6.07, 6.45) is 1.20. The zero-order valence-electron chi connectivity index (χ0n) is 11.7. The Bertz CT molecular complexity index is 392. The minimum Gasteiger partial charge on any atom is -0.481 e. The predicted octanol–water partition coefficient (Wildman–Crippen LogP) is 0.999. The maximum atomic E-state index is 11.2. The number of carbonyl (C=O) groups is 1. The molecule has 0 aliphatic rings. The zero-order valence-corrected chi connectivity index (χ0v) is 11.7. The van der Waals surface area contributed by atoms with Crippen molar-refractivity contribution < 1.29 is 14.6 Å². The Morgan fingerprint density at radius 1 is 1.47 bits per heavy atom. The van der Waals surface area contributed by atoms with Crippen molar-refractivity contribution in [1.29, 1.82) is 0 Å². The van der Waals surface area contributed by atoms with Gasteiger partial charge in [-0.1, -0.05) is 13.8 Å². The lowest BCUT2D eigenvalue weighted by Gasteiger charge is -2.15. The number of tetrazole rings is 1. The van der Waals surface area contributed by atoms with Crippen molar-refractivity contribution in [3.63, 3.8) is 0 Å². The first kappa shape index (κ1) is 15.6. The lowest BCUT2D eigenvalue weighted by atomic mass is 9.97. The van der Waals surface area contributed by atoms with Crippen molar-refractivity contribution in [3.8, 4) is 0 Å². The fourth-order valence-electron chi connectivity index (χ4n) is 1.88. The van der Waals surface area contributed by atoms with Gasteiger partial charge in [0.15, 0.2) is 5.82 Å². The van der Waals surface area contributed by atoms with Crippen LogP contribution in [0.25, 0.3) is 0 Å². The van der Waals surface area contributed by atoms with Crippen molar-refractivity contribution in [2.24, 2.45) is 11.8 Å². The highest BCUT2D eigenvalue weighted by Gasteiger charge is 2.21. The van der Waals surface area contributed by atoms with E-state index in [0.29, 0.717) is 44.3 Å². The Kier molecular flexibility index (Phi) is 6.41. The number of aliphatic carboxylic acids is 1. The predicted molar refractivity (Wildman–Crippen MR) is 68.6 cm³/mol. The van der Waals surface area contributed by atoms with Crippen LogP contribution in [-0.2, 0) is 22.5 Å². The maximum absolute atomic E-state index is 11.2. The second kappa shape index (κ2) is 7.83. The molecule has 108 valence electrons. The molecule has 0 saturated heterocycles. The van der Waals surface area contributed by atoms with E-state index in [4.69, 9.17) is 4.74 Å². The smallest absolute Gasteiger partial charge is 0.308 e. The van der Waals surface area contributed by atoms with Crippen LogP contribution in [0.15, 0.2) is 0 Å². The van der Waals surface area contributed by atoms with E-state index in [9.17, 15) is 9.90 Å². The van der Waals surface area contributed by atoms with Gasteiger partial charge < -0.3 is 9.84 Å². The van der Waals surface area contributed by atoms with Crippen LogP contribution in [0.2, 0.25) is 0 Å². The highest BCUT2D eigenvalue weighted by atomic mass is 16.5. The van der Waals surface area contributed by atoms with E-state index in [1.165, 1.54) is 0 Å². The molecular weight excluding hydrogens is 248 g/mol. The molecule has 1 unspecified atom stereocenters. The number of hydrogen-bond acceptors (Lipinski definition) is 5. The number of aromatic nitrogens is 4. The van der Waals surface area contributed by atoms with Crippen LogP contribution in [0.1, 0.15) is 33.0 Å². The number of carboxylic acids is 1. The first-order valence-electron chi connectivity index (χ1n) is 6.60. The fourth-order valence-corrected chi connectivity index (χ4v) is 1.88. The summed E-state index contributed by atoms with van der Waals surface area (Å²) in [6.45, 7) is 7.43. The summed E-state index contributed by atoms with van der Waals surface area (Å²) in [5, 5.41) is 20.6. The zero-order chi connectivity index (χ0) is 14.3. The Morgan fingerprint density at radius 2 is 2.21 bits per heavy atom. The summed E-state index contributed by atoms with van der Waals surface area (Å²) in [4.78, 5) is 11.2. The van der Waals surface area contributed by atoms with Crippen LogP contribution < -0.4 is 0 Å². The normalized spacial score (nSPS) is 12.8. The molecule has 0 spiro atoms. The second-order valence-electron chi connectivity index (χ2n) is 4.89. The number of hydrogen-bond donors (Lipinski definition) is 1. The first-order valence-corrected chi connectivity index (χ1v) is 6.60. The number of carboxylic acid groups (broad SMARTS) is 1. The topological polar surface area (TPSA) is 90.1 Å². The van der Waals surface area contributed by atoms with Gasteiger partial charge in [-0.25, -0.2) is 4.68 Å². The van der Waals surface area contributed by atoms with E-state index in [-0.39, 0.29) is 0 Å². The molecule has 1 N–H and O–H groups in total. The summed E-state index contributed by atoms with van der Waals surface area (Å²) >= 11 is 0. The molecule has 0 aliphatic heterocycles. The monoisotopic (exact) mass is 270 g/mol. The molecule has 0 saturated carbocycles. The van der Waals surface area contributed by atoms with E-state index in [2.05, 4.69) is 15.5 Å². The molecular formula is C12H22N4O3. The number of ether oxygens (including phenoxy) is 1. The van der Waals surface area contributed by atoms with Crippen LogP contribution in [0.4, 0.5) is 0 Å². The largest absolute Gasteiger partial charge is 0.481 e. The third kappa shape index (κ3) is 5.34. The molecule has 7 nitrogen and oxygen atoms in total. The molecule has 0 amide bonds. The molecule has 19 heavy (non-hydrogen) atoms. The van der Waals surface area contributed by atoms with Crippen molar-refractivity contribution >= 4 is 5.97 Å². The van der Waals surface area contributed by atoms with Crippen molar-refractivity contribution in [2.75, 3.05) is 13.2 Å². The Hall–Kier alpha value is -1.50.